The zero-order valence-corrected chi connectivity index (χ0v) is 14.2. The Balaban J connectivity index is 1.54. The molecule has 0 saturated carbocycles. The molecule has 3 rings (SSSR count). The number of aromatic nitrogens is 1. The van der Waals surface area contributed by atoms with Crippen molar-refractivity contribution in [1.82, 2.24) is 10.3 Å². The molecule has 2 aromatic rings. The minimum atomic E-state index is -0.248. The predicted molar refractivity (Wildman–Crippen MR) is 90.8 cm³/mol. The van der Waals surface area contributed by atoms with Crippen molar-refractivity contribution in [2.24, 2.45) is 5.92 Å². The smallest absolute Gasteiger partial charge is 0.231 e. The van der Waals surface area contributed by atoms with Crippen molar-refractivity contribution in [2.45, 2.75) is 32.9 Å². The molecule has 1 aliphatic rings. The maximum absolute atomic E-state index is 9.78. The highest BCUT2D eigenvalue weighted by atomic mass is 32.1. The standard InChI is InChI=1S/C17H22N2O3S/c1-11(2)14(20)5-6-18-8-13-9-23-17(19-13)12-3-4-15-16(7-12)22-10-21-15/h3-4,7,9,11,14,18,20H,5-6,8,10H2,1-2H3. The SMILES string of the molecule is CC(C)C(O)CCNCc1csc(-c2ccc3c(c2)OCO3)n1. The third-order valence-electron chi connectivity index (χ3n) is 3.86. The fraction of sp³-hybridized carbons (Fsp3) is 0.471. The number of hydrogen-bond acceptors (Lipinski definition) is 6. The van der Waals surface area contributed by atoms with Crippen molar-refractivity contribution < 1.29 is 14.6 Å². The summed E-state index contributed by atoms with van der Waals surface area (Å²) in [5, 5.41) is 16.1. The Bertz CT molecular complexity index is 657. The number of aliphatic hydroxyl groups is 1. The van der Waals surface area contributed by atoms with Crippen molar-refractivity contribution in [3.63, 3.8) is 0 Å². The first-order valence-electron chi connectivity index (χ1n) is 7.86. The second kappa shape index (κ2) is 7.29. The number of thiazole rings is 1. The summed E-state index contributed by atoms with van der Waals surface area (Å²) in [6, 6.07) is 5.89. The van der Waals surface area contributed by atoms with Crippen LogP contribution in [0.3, 0.4) is 0 Å². The van der Waals surface area contributed by atoms with Crippen LogP contribution in [-0.2, 0) is 6.54 Å². The van der Waals surface area contributed by atoms with Gasteiger partial charge in [-0.05, 0) is 37.1 Å². The van der Waals surface area contributed by atoms with Crippen LogP contribution in [0.2, 0.25) is 0 Å². The lowest BCUT2D eigenvalue weighted by Crippen LogP contribution is -2.23. The van der Waals surface area contributed by atoms with E-state index in [0.717, 1.165) is 40.7 Å². The number of benzene rings is 1. The van der Waals surface area contributed by atoms with Gasteiger partial charge in [-0.15, -0.1) is 11.3 Å². The van der Waals surface area contributed by atoms with Gasteiger partial charge in [0.2, 0.25) is 6.79 Å². The lowest BCUT2D eigenvalue weighted by molar-refractivity contribution is 0.116. The largest absolute Gasteiger partial charge is 0.454 e. The van der Waals surface area contributed by atoms with Gasteiger partial charge in [0.25, 0.3) is 0 Å². The number of rotatable bonds is 7. The number of aliphatic hydroxyl groups excluding tert-OH is 1. The van der Waals surface area contributed by atoms with Crippen LogP contribution in [0.5, 0.6) is 11.5 Å². The van der Waals surface area contributed by atoms with Crippen LogP contribution in [0.1, 0.15) is 26.0 Å². The Labute approximate surface area is 140 Å². The zero-order chi connectivity index (χ0) is 16.2. The quantitative estimate of drug-likeness (QED) is 0.762. The van der Waals surface area contributed by atoms with Crippen LogP contribution in [-0.4, -0.2) is 29.5 Å². The third-order valence-corrected chi connectivity index (χ3v) is 4.80. The monoisotopic (exact) mass is 334 g/mol. The lowest BCUT2D eigenvalue weighted by Gasteiger charge is -2.14. The Morgan fingerprint density at radius 3 is 2.96 bits per heavy atom. The molecule has 124 valence electrons. The van der Waals surface area contributed by atoms with Gasteiger partial charge in [0.15, 0.2) is 11.5 Å². The molecule has 0 radical (unpaired) electrons. The molecule has 1 aromatic heterocycles. The predicted octanol–water partition coefficient (Wildman–Crippen LogP) is 3.04. The van der Waals surface area contributed by atoms with E-state index in [9.17, 15) is 5.11 Å². The third kappa shape index (κ3) is 4.02. The molecule has 1 aromatic carbocycles. The number of fused-ring (bicyclic) bond motifs is 1. The van der Waals surface area contributed by atoms with Crippen molar-refractivity contribution >= 4 is 11.3 Å². The van der Waals surface area contributed by atoms with Gasteiger partial charge < -0.3 is 19.9 Å². The van der Waals surface area contributed by atoms with E-state index >= 15 is 0 Å². The van der Waals surface area contributed by atoms with Gasteiger partial charge in [0.1, 0.15) is 5.01 Å². The highest BCUT2D eigenvalue weighted by Crippen LogP contribution is 2.36. The highest BCUT2D eigenvalue weighted by molar-refractivity contribution is 7.13. The maximum atomic E-state index is 9.78. The van der Waals surface area contributed by atoms with E-state index in [0.29, 0.717) is 12.5 Å². The van der Waals surface area contributed by atoms with Crippen molar-refractivity contribution in [1.29, 1.82) is 0 Å². The molecule has 1 atom stereocenters. The zero-order valence-electron chi connectivity index (χ0n) is 13.4. The number of hydrogen-bond donors (Lipinski definition) is 2. The number of ether oxygens (including phenoxy) is 2. The van der Waals surface area contributed by atoms with Crippen LogP contribution < -0.4 is 14.8 Å². The normalized spacial score (nSPS) is 14.4. The number of nitrogens with one attached hydrogen (secondary N) is 1. The second-order valence-electron chi connectivity index (χ2n) is 5.99. The number of nitrogens with zero attached hydrogens (tertiary/aromatic N) is 1. The van der Waals surface area contributed by atoms with Gasteiger partial charge in [-0.1, -0.05) is 13.8 Å². The van der Waals surface area contributed by atoms with E-state index < -0.39 is 0 Å². The van der Waals surface area contributed by atoms with Gasteiger partial charge in [0, 0.05) is 17.5 Å². The molecule has 6 heteroatoms. The highest BCUT2D eigenvalue weighted by Gasteiger charge is 2.15. The van der Waals surface area contributed by atoms with E-state index in [1.807, 2.05) is 32.0 Å². The van der Waals surface area contributed by atoms with Gasteiger partial charge >= 0.3 is 0 Å². The minimum absolute atomic E-state index is 0.248. The van der Waals surface area contributed by atoms with Gasteiger partial charge in [0.05, 0.1) is 11.8 Å². The molecule has 23 heavy (non-hydrogen) atoms. The molecule has 2 heterocycles. The first-order valence-corrected chi connectivity index (χ1v) is 8.74. The molecular formula is C17H22N2O3S. The van der Waals surface area contributed by atoms with E-state index in [-0.39, 0.29) is 12.9 Å². The average Bonchev–Trinajstić information content (AvgIpc) is 3.19. The van der Waals surface area contributed by atoms with Gasteiger partial charge in [-0.3, -0.25) is 0 Å². The maximum Gasteiger partial charge on any atom is 0.231 e. The van der Waals surface area contributed by atoms with Crippen LogP contribution in [0.4, 0.5) is 0 Å². The summed E-state index contributed by atoms with van der Waals surface area (Å²) in [6.07, 6.45) is 0.513. The summed E-state index contributed by atoms with van der Waals surface area (Å²) >= 11 is 1.62. The summed E-state index contributed by atoms with van der Waals surface area (Å²) in [5.74, 6) is 1.87. The first kappa shape index (κ1) is 16.2. The first-order chi connectivity index (χ1) is 11.1. The molecule has 0 amide bonds. The summed E-state index contributed by atoms with van der Waals surface area (Å²) in [5.41, 5.74) is 2.06. The van der Waals surface area contributed by atoms with Crippen LogP contribution >= 0.6 is 11.3 Å². The Hall–Kier alpha value is -1.63. The molecule has 0 bridgehead atoms. The molecule has 5 nitrogen and oxygen atoms in total. The summed E-state index contributed by atoms with van der Waals surface area (Å²) in [6.45, 7) is 5.85. The second-order valence-corrected chi connectivity index (χ2v) is 6.85. The molecule has 1 aliphatic heterocycles. The van der Waals surface area contributed by atoms with E-state index in [2.05, 4.69) is 15.7 Å². The van der Waals surface area contributed by atoms with Crippen molar-refractivity contribution in [3.05, 3.63) is 29.3 Å². The molecule has 1 unspecified atom stereocenters. The molecule has 0 aliphatic carbocycles. The average molecular weight is 334 g/mol. The molecular weight excluding hydrogens is 312 g/mol. The lowest BCUT2D eigenvalue weighted by atomic mass is 10.0. The Morgan fingerprint density at radius 1 is 1.30 bits per heavy atom. The molecule has 0 spiro atoms. The van der Waals surface area contributed by atoms with Crippen LogP contribution in [0.25, 0.3) is 10.6 Å². The molecule has 0 saturated heterocycles. The van der Waals surface area contributed by atoms with Crippen molar-refractivity contribution in [2.75, 3.05) is 13.3 Å². The van der Waals surface area contributed by atoms with E-state index in [1.165, 1.54) is 0 Å². The Kier molecular flexibility index (Phi) is 5.15. The minimum Gasteiger partial charge on any atom is -0.454 e. The molecule has 2 N–H and O–H groups in total. The van der Waals surface area contributed by atoms with Gasteiger partial charge in [-0.25, -0.2) is 4.98 Å². The van der Waals surface area contributed by atoms with Crippen LogP contribution in [0, 0.1) is 5.92 Å². The summed E-state index contributed by atoms with van der Waals surface area (Å²) in [7, 11) is 0. The topological polar surface area (TPSA) is 63.6 Å². The van der Waals surface area contributed by atoms with Crippen molar-refractivity contribution in [3.8, 4) is 22.1 Å². The van der Waals surface area contributed by atoms with E-state index in [1.54, 1.807) is 11.3 Å². The molecule has 0 fully saturated rings. The fourth-order valence-corrected chi connectivity index (χ4v) is 3.17. The summed E-state index contributed by atoms with van der Waals surface area (Å²) in [4.78, 5) is 4.65. The van der Waals surface area contributed by atoms with Crippen LogP contribution in [0.15, 0.2) is 23.6 Å². The van der Waals surface area contributed by atoms with Gasteiger partial charge in [-0.2, -0.15) is 0 Å². The van der Waals surface area contributed by atoms with E-state index in [4.69, 9.17) is 9.47 Å². The fourth-order valence-electron chi connectivity index (χ4n) is 2.35. The Morgan fingerprint density at radius 2 is 2.13 bits per heavy atom. The summed E-state index contributed by atoms with van der Waals surface area (Å²) < 4.78 is 10.7.